The van der Waals surface area contributed by atoms with Gasteiger partial charge in [0.05, 0.1) is 47.4 Å². The molecule has 5 heterocycles. The van der Waals surface area contributed by atoms with E-state index in [4.69, 9.17) is 21.3 Å². The number of benzene rings is 1. The van der Waals surface area contributed by atoms with E-state index in [0.29, 0.717) is 57.4 Å². The Morgan fingerprint density at radius 2 is 1.97 bits per heavy atom. The number of aromatic nitrogens is 4. The Labute approximate surface area is 212 Å². The zero-order valence-electron chi connectivity index (χ0n) is 19.9. The minimum Gasteiger partial charge on any atom is -0.377 e. The van der Waals surface area contributed by atoms with E-state index in [2.05, 4.69) is 20.3 Å². The number of hydrogen-bond acceptors (Lipinski definition) is 7. The molecular weight excluding hydrogens is 480 g/mol. The predicted molar refractivity (Wildman–Crippen MR) is 136 cm³/mol. The fourth-order valence-electron chi connectivity index (χ4n) is 5.38. The van der Waals surface area contributed by atoms with Crippen molar-refractivity contribution in [2.75, 3.05) is 18.5 Å². The van der Waals surface area contributed by atoms with Crippen molar-refractivity contribution in [3.05, 3.63) is 58.8 Å². The molecule has 2 fully saturated rings. The van der Waals surface area contributed by atoms with Crippen molar-refractivity contribution in [2.24, 2.45) is 0 Å². The molecule has 1 amide bonds. The van der Waals surface area contributed by atoms with Gasteiger partial charge in [-0.2, -0.15) is 0 Å². The van der Waals surface area contributed by atoms with Crippen LogP contribution in [0.3, 0.4) is 0 Å². The van der Waals surface area contributed by atoms with Crippen LogP contribution >= 0.6 is 11.6 Å². The van der Waals surface area contributed by atoms with E-state index < -0.39 is 0 Å². The number of aromatic amines is 1. The number of morpholine rings is 1. The Bertz CT molecular complexity index is 1500. The number of nitrogens with zero attached hydrogens (tertiary/aromatic N) is 4. The molecule has 36 heavy (non-hydrogen) atoms. The standard InChI is InChI=1S/C26H25ClN6O3/c1-13(31-25-22-18(14(2)34)9-28-24(22)29-12-30-25)20-8-15-4-3-5-19(27)21(15)23(32-20)26(35)33-16-6-7-17(33)11-36-10-16/h3-5,8-9,12-13,16-17H,6-7,10-11H2,1-2H3,(H2,28,29,30,31)/t13-,16?,17?/m0/s1. The van der Waals surface area contributed by atoms with Crippen molar-refractivity contribution >= 4 is 50.9 Å². The third kappa shape index (κ3) is 3.70. The highest BCUT2D eigenvalue weighted by Crippen LogP contribution is 2.35. The van der Waals surface area contributed by atoms with Crippen molar-refractivity contribution < 1.29 is 14.3 Å². The summed E-state index contributed by atoms with van der Waals surface area (Å²) >= 11 is 6.59. The van der Waals surface area contributed by atoms with E-state index >= 15 is 0 Å². The molecule has 6 rings (SSSR count). The lowest BCUT2D eigenvalue weighted by Gasteiger charge is -2.34. The normalized spacial score (nSPS) is 20.1. The van der Waals surface area contributed by atoms with Gasteiger partial charge in [0.1, 0.15) is 23.5 Å². The first-order valence-electron chi connectivity index (χ1n) is 12.0. The van der Waals surface area contributed by atoms with Gasteiger partial charge in [-0.05, 0) is 44.2 Å². The summed E-state index contributed by atoms with van der Waals surface area (Å²) in [6.45, 7) is 4.54. The van der Waals surface area contributed by atoms with E-state index in [9.17, 15) is 9.59 Å². The topological polar surface area (TPSA) is 113 Å². The predicted octanol–water partition coefficient (Wildman–Crippen LogP) is 4.54. The summed E-state index contributed by atoms with van der Waals surface area (Å²) in [6.07, 6.45) is 4.94. The maximum atomic E-state index is 13.9. The molecule has 10 heteroatoms. The molecule has 3 atom stereocenters. The number of H-pyrrole nitrogens is 1. The summed E-state index contributed by atoms with van der Waals surface area (Å²) in [5, 5.41) is 5.98. The van der Waals surface area contributed by atoms with Gasteiger partial charge in [-0.25, -0.2) is 15.0 Å². The maximum absolute atomic E-state index is 13.9. The molecule has 1 aromatic carbocycles. The number of amides is 1. The molecule has 2 bridgehead atoms. The second-order valence-electron chi connectivity index (χ2n) is 9.44. The molecule has 3 aromatic heterocycles. The lowest BCUT2D eigenvalue weighted by Crippen LogP contribution is -2.49. The van der Waals surface area contributed by atoms with E-state index in [1.165, 1.54) is 13.3 Å². The molecule has 0 saturated carbocycles. The van der Waals surface area contributed by atoms with Crippen LogP contribution in [-0.2, 0) is 4.74 Å². The van der Waals surface area contributed by atoms with Gasteiger partial charge in [-0.1, -0.05) is 23.7 Å². The minimum atomic E-state index is -0.325. The van der Waals surface area contributed by atoms with Gasteiger partial charge in [0.25, 0.3) is 5.91 Å². The van der Waals surface area contributed by atoms with E-state index in [-0.39, 0.29) is 29.8 Å². The molecular formula is C26H25ClN6O3. The van der Waals surface area contributed by atoms with E-state index in [0.717, 1.165) is 18.2 Å². The number of carbonyl (C=O) groups is 2. The van der Waals surface area contributed by atoms with E-state index in [1.807, 2.05) is 30.0 Å². The number of ketones is 1. The third-order valence-corrected chi connectivity index (χ3v) is 7.47. The number of anilines is 1. The monoisotopic (exact) mass is 504 g/mol. The first-order chi connectivity index (χ1) is 17.4. The van der Waals surface area contributed by atoms with Crippen molar-refractivity contribution in [2.45, 2.75) is 44.8 Å². The fourth-order valence-corrected chi connectivity index (χ4v) is 5.65. The van der Waals surface area contributed by atoms with Gasteiger partial charge in [0.15, 0.2) is 5.78 Å². The smallest absolute Gasteiger partial charge is 0.273 e. The fraction of sp³-hybridized carbons (Fsp3) is 0.346. The number of fused-ring (bicyclic) bond motifs is 4. The summed E-state index contributed by atoms with van der Waals surface area (Å²) in [4.78, 5) is 44.5. The number of halogens is 1. The van der Waals surface area contributed by atoms with Crippen LogP contribution < -0.4 is 5.32 Å². The van der Waals surface area contributed by atoms with Gasteiger partial charge in [0, 0.05) is 17.1 Å². The molecule has 184 valence electrons. The number of ether oxygens (including phenoxy) is 1. The zero-order chi connectivity index (χ0) is 25.0. The van der Waals surface area contributed by atoms with Crippen molar-refractivity contribution in [1.82, 2.24) is 24.8 Å². The average molecular weight is 505 g/mol. The number of carbonyl (C=O) groups excluding carboxylic acids is 2. The Balaban J connectivity index is 1.42. The highest BCUT2D eigenvalue weighted by Gasteiger charge is 2.41. The Hall–Kier alpha value is -3.56. The van der Waals surface area contributed by atoms with Crippen LogP contribution in [0.15, 0.2) is 36.8 Å². The van der Waals surface area contributed by atoms with Gasteiger partial charge in [0.2, 0.25) is 0 Å². The summed E-state index contributed by atoms with van der Waals surface area (Å²) in [7, 11) is 0. The largest absolute Gasteiger partial charge is 0.377 e. The van der Waals surface area contributed by atoms with E-state index in [1.54, 1.807) is 12.3 Å². The molecule has 0 spiro atoms. The van der Waals surface area contributed by atoms with Crippen molar-refractivity contribution in [1.29, 1.82) is 0 Å². The summed E-state index contributed by atoms with van der Waals surface area (Å²) in [5.74, 6) is 0.316. The molecule has 2 saturated heterocycles. The number of rotatable bonds is 5. The first kappa shape index (κ1) is 22.9. The summed E-state index contributed by atoms with van der Waals surface area (Å²) < 4.78 is 5.68. The quantitative estimate of drug-likeness (QED) is 0.383. The maximum Gasteiger partial charge on any atom is 0.273 e. The van der Waals surface area contributed by atoms with Gasteiger partial charge < -0.3 is 19.9 Å². The SMILES string of the molecule is CC(=O)c1c[nH]c2ncnc(N[C@@H](C)c3cc4cccc(Cl)c4c(C(=O)N4C5CCC4COC5)n3)c12. The second-order valence-corrected chi connectivity index (χ2v) is 9.85. The van der Waals surface area contributed by atoms with Crippen molar-refractivity contribution in [3.8, 4) is 0 Å². The first-order valence-corrected chi connectivity index (χ1v) is 12.4. The molecule has 2 N–H and O–H groups in total. The van der Waals surface area contributed by atoms with Crippen LogP contribution in [0.25, 0.3) is 21.8 Å². The van der Waals surface area contributed by atoms with Crippen LogP contribution in [0.2, 0.25) is 5.02 Å². The van der Waals surface area contributed by atoms with Gasteiger partial charge in [-0.3, -0.25) is 9.59 Å². The van der Waals surface area contributed by atoms with Crippen LogP contribution in [0.5, 0.6) is 0 Å². The van der Waals surface area contributed by atoms with Crippen molar-refractivity contribution in [3.63, 3.8) is 0 Å². The lowest BCUT2D eigenvalue weighted by atomic mass is 10.0. The Kier molecular flexibility index (Phi) is 5.61. The molecule has 2 aliphatic heterocycles. The molecule has 4 aromatic rings. The Morgan fingerprint density at radius 1 is 1.19 bits per heavy atom. The minimum absolute atomic E-state index is 0.0580. The number of nitrogens with one attached hydrogen (secondary N) is 2. The van der Waals surface area contributed by atoms with Gasteiger partial charge >= 0.3 is 0 Å². The molecule has 0 radical (unpaired) electrons. The Morgan fingerprint density at radius 3 is 2.72 bits per heavy atom. The number of pyridine rings is 1. The second kappa shape index (κ2) is 8.83. The molecule has 2 aliphatic rings. The third-order valence-electron chi connectivity index (χ3n) is 7.15. The average Bonchev–Trinajstić information content (AvgIpc) is 3.42. The zero-order valence-corrected chi connectivity index (χ0v) is 20.7. The molecule has 0 aliphatic carbocycles. The number of hydrogen-bond donors (Lipinski definition) is 2. The van der Waals surface area contributed by atoms with Crippen LogP contribution in [0, 0.1) is 0 Å². The van der Waals surface area contributed by atoms with Crippen LogP contribution in [0.1, 0.15) is 59.3 Å². The highest BCUT2D eigenvalue weighted by atomic mass is 35.5. The lowest BCUT2D eigenvalue weighted by molar-refractivity contribution is -0.00736. The number of Topliss-reactive ketones (excluding diaryl/α,β-unsaturated/α-hetero) is 1. The summed E-state index contributed by atoms with van der Waals surface area (Å²) in [5.41, 5.74) is 2.10. The molecule has 9 nitrogen and oxygen atoms in total. The van der Waals surface area contributed by atoms with Crippen LogP contribution in [0.4, 0.5) is 5.82 Å². The summed E-state index contributed by atoms with van der Waals surface area (Å²) in [6, 6.07) is 7.31. The highest BCUT2D eigenvalue weighted by molar-refractivity contribution is 6.36. The van der Waals surface area contributed by atoms with Gasteiger partial charge in [-0.15, -0.1) is 0 Å². The molecule has 2 unspecified atom stereocenters. The van der Waals surface area contributed by atoms with Crippen LogP contribution in [-0.4, -0.2) is 61.8 Å².